The summed E-state index contributed by atoms with van der Waals surface area (Å²) in [7, 11) is 0. The Hall–Kier alpha value is -2.62. The van der Waals surface area contributed by atoms with E-state index in [0.717, 1.165) is 16.7 Å². The number of Topliss-reactive ketones (excluding diaryl/α,β-unsaturated/α-hetero) is 2. The van der Waals surface area contributed by atoms with Crippen molar-refractivity contribution in [3.05, 3.63) is 58.1 Å². The Balaban J connectivity index is 2.67. The van der Waals surface area contributed by atoms with Crippen molar-refractivity contribution >= 4 is 17.3 Å². The molecule has 0 atom stereocenters. The summed E-state index contributed by atoms with van der Waals surface area (Å²) in [6, 6.07) is 8.40. The van der Waals surface area contributed by atoms with E-state index in [1.807, 2.05) is 20.8 Å². The highest BCUT2D eigenvalue weighted by Gasteiger charge is 2.28. The lowest BCUT2D eigenvalue weighted by Crippen LogP contribution is -2.20. The van der Waals surface area contributed by atoms with Crippen LogP contribution in [0, 0.1) is 0 Å². The SMILES string of the molecule is CCc1c(O)c(N)c(C(=O)C(=O)c2ccccc2)c(CC)c1CC. The number of ketones is 2. The van der Waals surface area contributed by atoms with Crippen LogP contribution >= 0.6 is 0 Å². The van der Waals surface area contributed by atoms with Crippen molar-refractivity contribution in [1.29, 1.82) is 0 Å². The molecule has 0 aliphatic rings. The van der Waals surface area contributed by atoms with E-state index in [-0.39, 0.29) is 17.0 Å². The van der Waals surface area contributed by atoms with Gasteiger partial charge in [-0.15, -0.1) is 0 Å². The third kappa shape index (κ3) is 2.92. The molecular formula is C20H23NO3. The lowest BCUT2D eigenvalue weighted by molar-refractivity contribution is 0.0816. The van der Waals surface area contributed by atoms with Crippen LogP contribution in [-0.4, -0.2) is 16.7 Å². The molecule has 0 saturated carbocycles. The van der Waals surface area contributed by atoms with Gasteiger partial charge in [-0.3, -0.25) is 9.59 Å². The molecule has 0 amide bonds. The molecule has 3 N–H and O–H groups in total. The molecular weight excluding hydrogens is 302 g/mol. The van der Waals surface area contributed by atoms with E-state index in [1.54, 1.807) is 30.3 Å². The normalized spacial score (nSPS) is 10.6. The summed E-state index contributed by atoms with van der Waals surface area (Å²) in [6.45, 7) is 5.83. The number of carbonyl (C=O) groups excluding carboxylic acids is 2. The van der Waals surface area contributed by atoms with Crippen LogP contribution in [0.15, 0.2) is 30.3 Å². The van der Waals surface area contributed by atoms with Crippen molar-refractivity contribution in [2.75, 3.05) is 5.73 Å². The van der Waals surface area contributed by atoms with Gasteiger partial charge >= 0.3 is 0 Å². The first-order valence-electron chi connectivity index (χ1n) is 8.26. The highest BCUT2D eigenvalue weighted by atomic mass is 16.3. The number of carbonyl (C=O) groups is 2. The van der Waals surface area contributed by atoms with Gasteiger partial charge in [0, 0.05) is 5.56 Å². The molecule has 0 saturated heterocycles. The highest BCUT2D eigenvalue weighted by molar-refractivity contribution is 6.50. The van der Waals surface area contributed by atoms with Crippen molar-refractivity contribution in [1.82, 2.24) is 0 Å². The van der Waals surface area contributed by atoms with Crippen molar-refractivity contribution in [3.63, 3.8) is 0 Å². The van der Waals surface area contributed by atoms with Crippen LogP contribution in [0.2, 0.25) is 0 Å². The van der Waals surface area contributed by atoms with Crippen LogP contribution in [-0.2, 0) is 19.3 Å². The zero-order chi connectivity index (χ0) is 17.9. The van der Waals surface area contributed by atoms with Gasteiger partial charge in [-0.05, 0) is 36.0 Å². The zero-order valence-electron chi connectivity index (χ0n) is 14.3. The van der Waals surface area contributed by atoms with Crippen molar-refractivity contribution in [2.45, 2.75) is 40.0 Å². The molecule has 0 aliphatic heterocycles. The number of nitrogen functional groups attached to an aromatic ring is 1. The second kappa shape index (κ2) is 7.30. The van der Waals surface area contributed by atoms with E-state index in [9.17, 15) is 14.7 Å². The predicted molar refractivity (Wildman–Crippen MR) is 95.8 cm³/mol. The summed E-state index contributed by atoms with van der Waals surface area (Å²) in [4.78, 5) is 25.4. The Bertz CT molecular complexity index is 779. The van der Waals surface area contributed by atoms with Gasteiger partial charge in [-0.2, -0.15) is 0 Å². The molecule has 2 aromatic carbocycles. The predicted octanol–water partition coefficient (Wildman–Crippen LogP) is 3.73. The van der Waals surface area contributed by atoms with E-state index in [0.29, 0.717) is 24.8 Å². The van der Waals surface area contributed by atoms with Gasteiger partial charge in [0.05, 0.1) is 11.3 Å². The van der Waals surface area contributed by atoms with E-state index >= 15 is 0 Å². The van der Waals surface area contributed by atoms with Crippen LogP contribution < -0.4 is 5.73 Å². The molecule has 2 aromatic rings. The van der Waals surface area contributed by atoms with Crippen LogP contribution in [0.3, 0.4) is 0 Å². The number of phenols is 1. The van der Waals surface area contributed by atoms with Gasteiger partial charge in [-0.1, -0.05) is 51.1 Å². The maximum Gasteiger partial charge on any atom is 0.236 e. The van der Waals surface area contributed by atoms with Crippen LogP contribution in [0.1, 0.15) is 58.2 Å². The largest absolute Gasteiger partial charge is 0.505 e. The second-order valence-electron chi connectivity index (χ2n) is 5.66. The number of phenolic OH excluding ortho intramolecular Hbond substituents is 1. The fourth-order valence-electron chi connectivity index (χ4n) is 3.21. The Morgan fingerprint density at radius 3 is 1.92 bits per heavy atom. The summed E-state index contributed by atoms with van der Waals surface area (Å²) >= 11 is 0. The van der Waals surface area contributed by atoms with Gasteiger partial charge in [0.2, 0.25) is 11.6 Å². The Kier molecular flexibility index (Phi) is 5.39. The topological polar surface area (TPSA) is 80.4 Å². The number of hydrogen-bond acceptors (Lipinski definition) is 4. The van der Waals surface area contributed by atoms with Gasteiger partial charge in [-0.25, -0.2) is 0 Å². The number of benzene rings is 2. The molecule has 0 bridgehead atoms. The van der Waals surface area contributed by atoms with Crippen LogP contribution in [0.5, 0.6) is 5.75 Å². The van der Waals surface area contributed by atoms with Crippen LogP contribution in [0.4, 0.5) is 5.69 Å². The summed E-state index contributed by atoms with van der Waals surface area (Å²) in [6.07, 6.45) is 1.86. The first kappa shape index (κ1) is 17.7. The summed E-state index contributed by atoms with van der Waals surface area (Å²) in [5.41, 5.74) is 8.97. The monoisotopic (exact) mass is 325 g/mol. The average molecular weight is 325 g/mol. The Labute approximate surface area is 142 Å². The first-order chi connectivity index (χ1) is 11.5. The minimum absolute atomic E-state index is 0.00943. The van der Waals surface area contributed by atoms with E-state index < -0.39 is 11.6 Å². The quantitative estimate of drug-likeness (QED) is 0.367. The maximum absolute atomic E-state index is 12.8. The number of aromatic hydroxyl groups is 1. The molecule has 0 spiro atoms. The van der Waals surface area contributed by atoms with Gasteiger partial charge < -0.3 is 10.8 Å². The van der Waals surface area contributed by atoms with Crippen LogP contribution in [0.25, 0.3) is 0 Å². The molecule has 0 aliphatic carbocycles. The number of rotatable bonds is 6. The lowest BCUT2D eigenvalue weighted by atomic mass is 9.86. The summed E-state index contributed by atoms with van der Waals surface area (Å²) in [5, 5.41) is 10.4. The standard InChI is InChI=1S/C20H23NO3/c1-4-13-14(5-2)16(17(21)19(23)15(13)6-3)20(24)18(22)12-10-8-7-9-11-12/h7-11,23H,4-6,21H2,1-3H3. The molecule has 0 aromatic heterocycles. The molecule has 24 heavy (non-hydrogen) atoms. The summed E-state index contributed by atoms with van der Waals surface area (Å²) < 4.78 is 0. The molecule has 4 nitrogen and oxygen atoms in total. The van der Waals surface area contributed by atoms with E-state index in [4.69, 9.17) is 5.73 Å². The molecule has 4 heteroatoms. The van der Waals surface area contributed by atoms with Gasteiger partial charge in [0.1, 0.15) is 5.75 Å². The van der Waals surface area contributed by atoms with E-state index in [2.05, 4.69) is 0 Å². The molecule has 126 valence electrons. The third-order valence-electron chi connectivity index (χ3n) is 4.37. The number of hydrogen-bond donors (Lipinski definition) is 2. The lowest BCUT2D eigenvalue weighted by Gasteiger charge is -2.20. The van der Waals surface area contributed by atoms with Gasteiger partial charge in [0.25, 0.3) is 0 Å². The molecule has 0 unspecified atom stereocenters. The minimum Gasteiger partial charge on any atom is -0.505 e. The molecule has 0 radical (unpaired) electrons. The first-order valence-corrected chi connectivity index (χ1v) is 8.26. The number of nitrogens with two attached hydrogens (primary N) is 1. The minimum atomic E-state index is -0.664. The Morgan fingerprint density at radius 2 is 1.42 bits per heavy atom. The smallest absolute Gasteiger partial charge is 0.236 e. The van der Waals surface area contributed by atoms with E-state index in [1.165, 1.54) is 0 Å². The zero-order valence-corrected chi connectivity index (χ0v) is 14.3. The van der Waals surface area contributed by atoms with Crippen molar-refractivity contribution < 1.29 is 14.7 Å². The van der Waals surface area contributed by atoms with Crippen molar-refractivity contribution in [3.8, 4) is 5.75 Å². The Morgan fingerprint density at radius 1 is 0.875 bits per heavy atom. The van der Waals surface area contributed by atoms with Gasteiger partial charge in [0.15, 0.2) is 0 Å². The third-order valence-corrected chi connectivity index (χ3v) is 4.37. The highest BCUT2D eigenvalue weighted by Crippen LogP contribution is 2.37. The molecule has 2 rings (SSSR count). The number of anilines is 1. The molecule has 0 heterocycles. The average Bonchev–Trinajstić information content (AvgIpc) is 2.62. The fraction of sp³-hybridized carbons (Fsp3) is 0.300. The van der Waals surface area contributed by atoms with Crippen molar-refractivity contribution in [2.24, 2.45) is 0 Å². The maximum atomic E-state index is 12.8. The fourth-order valence-corrected chi connectivity index (χ4v) is 3.21. The second-order valence-corrected chi connectivity index (χ2v) is 5.66. The summed E-state index contributed by atoms with van der Waals surface area (Å²) in [5.74, 6) is -1.35. The molecule has 0 fully saturated rings.